The minimum absolute atomic E-state index is 0.0481. The molecule has 0 atom stereocenters. The van der Waals surface area contributed by atoms with Crippen LogP contribution in [0.4, 0.5) is 11.4 Å². The SMILES string of the molecule is N#C/C(=C/c1cn[nH]c1-c1cccc([N+](=O)[O-])c1)c1nc(-c2cccc([N+](=O)[O-])c2)cs1. The average molecular weight is 444 g/mol. The molecule has 0 aliphatic carbocycles. The number of nitro groups is 2. The fourth-order valence-electron chi connectivity index (χ4n) is 3.02. The van der Waals surface area contributed by atoms with Gasteiger partial charge in [-0.2, -0.15) is 10.4 Å². The monoisotopic (exact) mass is 444 g/mol. The molecule has 0 saturated heterocycles. The lowest BCUT2D eigenvalue weighted by molar-refractivity contribution is -0.385. The number of hydrogen-bond donors (Lipinski definition) is 1. The number of non-ortho nitro benzene ring substituents is 2. The summed E-state index contributed by atoms with van der Waals surface area (Å²) in [6, 6.07) is 14.3. The molecule has 0 bridgehead atoms. The lowest BCUT2D eigenvalue weighted by Gasteiger charge is -2.01. The van der Waals surface area contributed by atoms with Crippen molar-refractivity contribution in [3.63, 3.8) is 0 Å². The smallest absolute Gasteiger partial charge is 0.270 e. The highest BCUT2D eigenvalue weighted by molar-refractivity contribution is 7.11. The number of allylic oxidation sites excluding steroid dienone is 1. The van der Waals surface area contributed by atoms with Gasteiger partial charge in [-0.1, -0.05) is 24.3 Å². The zero-order valence-electron chi connectivity index (χ0n) is 16.1. The topological polar surface area (TPSA) is 152 Å². The maximum Gasteiger partial charge on any atom is 0.270 e. The first kappa shape index (κ1) is 20.6. The van der Waals surface area contributed by atoms with Crippen molar-refractivity contribution < 1.29 is 9.85 Å². The van der Waals surface area contributed by atoms with Crippen LogP contribution in [-0.2, 0) is 0 Å². The molecule has 0 aliphatic rings. The zero-order chi connectivity index (χ0) is 22.7. The Morgan fingerprint density at radius 1 is 1.06 bits per heavy atom. The Bertz CT molecular complexity index is 1420. The molecule has 10 nitrogen and oxygen atoms in total. The summed E-state index contributed by atoms with van der Waals surface area (Å²) in [6.45, 7) is 0. The third-order valence-corrected chi connectivity index (χ3v) is 5.40. The molecular weight excluding hydrogens is 432 g/mol. The van der Waals surface area contributed by atoms with Crippen molar-refractivity contribution in [2.24, 2.45) is 0 Å². The van der Waals surface area contributed by atoms with Crippen LogP contribution in [0.25, 0.3) is 34.2 Å². The molecule has 0 fully saturated rings. The van der Waals surface area contributed by atoms with Crippen LogP contribution >= 0.6 is 11.3 Å². The second kappa shape index (κ2) is 8.58. The molecule has 2 aromatic carbocycles. The van der Waals surface area contributed by atoms with Crippen LogP contribution in [-0.4, -0.2) is 25.0 Å². The van der Waals surface area contributed by atoms with Gasteiger partial charge in [0.1, 0.15) is 11.1 Å². The number of rotatable bonds is 6. The summed E-state index contributed by atoms with van der Waals surface area (Å²) in [6.07, 6.45) is 3.11. The van der Waals surface area contributed by atoms with Crippen LogP contribution in [0, 0.1) is 31.6 Å². The third-order valence-electron chi connectivity index (χ3n) is 4.52. The number of benzene rings is 2. The van der Waals surface area contributed by atoms with Gasteiger partial charge >= 0.3 is 0 Å². The molecule has 0 spiro atoms. The molecule has 0 saturated carbocycles. The van der Waals surface area contributed by atoms with Gasteiger partial charge < -0.3 is 0 Å². The largest absolute Gasteiger partial charge is 0.277 e. The predicted molar refractivity (Wildman–Crippen MR) is 118 cm³/mol. The average Bonchev–Trinajstić information content (AvgIpc) is 3.47. The molecule has 1 N–H and O–H groups in total. The summed E-state index contributed by atoms with van der Waals surface area (Å²) in [7, 11) is 0. The van der Waals surface area contributed by atoms with E-state index in [2.05, 4.69) is 21.3 Å². The van der Waals surface area contributed by atoms with Crippen LogP contribution in [0.2, 0.25) is 0 Å². The number of thiazole rings is 1. The highest BCUT2D eigenvalue weighted by Gasteiger charge is 2.15. The number of nitro benzene ring substituents is 2. The van der Waals surface area contributed by atoms with Crippen molar-refractivity contribution in [3.8, 4) is 28.6 Å². The Hall–Kier alpha value is -4.69. The number of aromatic amines is 1. The van der Waals surface area contributed by atoms with Gasteiger partial charge in [-0.15, -0.1) is 11.3 Å². The number of H-pyrrole nitrogens is 1. The molecule has 0 radical (unpaired) electrons. The van der Waals surface area contributed by atoms with Crippen molar-refractivity contribution in [2.75, 3.05) is 0 Å². The molecule has 0 unspecified atom stereocenters. The van der Waals surface area contributed by atoms with E-state index in [1.165, 1.54) is 41.8 Å². The molecular formula is C21H12N6O4S. The van der Waals surface area contributed by atoms with Crippen LogP contribution in [0.3, 0.4) is 0 Å². The Balaban J connectivity index is 1.69. The van der Waals surface area contributed by atoms with Crippen molar-refractivity contribution in [2.45, 2.75) is 0 Å². The maximum absolute atomic E-state index is 11.1. The van der Waals surface area contributed by atoms with E-state index in [1.54, 1.807) is 35.7 Å². The van der Waals surface area contributed by atoms with E-state index >= 15 is 0 Å². The summed E-state index contributed by atoms with van der Waals surface area (Å²) in [5, 5.41) is 40.7. The van der Waals surface area contributed by atoms with E-state index in [0.717, 1.165) is 0 Å². The van der Waals surface area contributed by atoms with Crippen LogP contribution in [0.1, 0.15) is 10.6 Å². The standard InChI is InChI=1S/C21H12N6O4S/c22-10-15(21-24-19(12-32-21)13-3-1-5-17(8-13)26(28)29)7-16-11-23-25-20(16)14-4-2-6-18(9-14)27(30)31/h1-9,11-12H,(H,23,25)/b15-7-. The van der Waals surface area contributed by atoms with E-state index in [-0.39, 0.29) is 16.9 Å². The minimum atomic E-state index is -0.485. The molecule has 32 heavy (non-hydrogen) atoms. The second-order valence-electron chi connectivity index (χ2n) is 6.52. The van der Waals surface area contributed by atoms with Gasteiger partial charge in [0.05, 0.1) is 33.0 Å². The fraction of sp³-hybridized carbons (Fsp3) is 0. The lowest BCUT2D eigenvalue weighted by Crippen LogP contribution is -1.89. The van der Waals surface area contributed by atoms with E-state index in [0.29, 0.717) is 33.1 Å². The van der Waals surface area contributed by atoms with Crippen molar-refractivity contribution in [1.82, 2.24) is 15.2 Å². The summed E-state index contributed by atoms with van der Waals surface area (Å²) >= 11 is 1.23. The molecule has 4 aromatic rings. The van der Waals surface area contributed by atoms with E-state index in [4.69, 9.17) is 0 Å². The first-order chi connectivity index (χ1) is 15.5. The summed E-state index contributed by atoms with van der Waals surface area (Å²) in [4.78, 5) is 25.6. The normalized spacial score (nSPS) is 11.2. The van der Waals surface area contributed by atoms with E-state index < -0.39 is 9.85 Å². The molecule has 2 heterocycles. The molecule has 2 aromatic heterocycles. The lowest BCUT2D eigenvalue weighted by atomic mass is 10.1. The molecule has 0 amide bonds. The Morgan fingerprint density at radius 2 is 1.72 bits per heavy atom. The number of hydrogen-bond acceptors (Lipinski definition) is 8. The first-order valence-corrected chi connectivity index (χ1v) is 9.95. The molecule has 0 aliphatic heterocycles. The number of nitrogens with zero attached hydrogens (tertiary/aromatic N) is 5. The van der Waals surface area contributed by atoms with Gasteiger partial charge in [-0.05, 0) is 6.08 Å². The number of nitriles is 1. The van der Waals surface area contributed by atoms with Crippen molar-refractivity contribution in [1.29, 1.82) is 5.26 Å². The Labute approximate surface area is 184 Å². The van der Waals surface area contributed by atoms with E-state index in [1.807, 2.05) is 0 Å². The minimum Gasteiger partial charge on any atom is -0.277 e. The highest BCUT2D eigenvalue weighted by atomic mass is 32.1. The molecule has 4 rings (SSSR count). The summed E-state index contributed by atoms with van der Waals surface area (Å²) in [5.74, 6) is 0. The Kier molecular flexibility index (Phi) is 5.52. The number of nitrogens with one attached hydrogen (secondary N) is 1. The first-order valence-electron chi connectivity index (χ1n) is 9.07. The quantitative estimate of drug-likeness (QED) is 0.247. The van der Waals surface area contributed by atoms with Crippen LogP contribution < -0.4 is 0 Å². The van der Waals surface area contributed by atoms with Gasteiger partial charge in [0.2, 0.25) is 0 Å². The van der Waals surface area contributed by atoms with Gasteiger partial charge in [0, 0.05) is 46.3 Å². The van der Waals surface area contributed by atoms with E-state index in [9.17, 15) is 25.5 Å². The van der Waals surface area contributed by atoms with Crippen molar-refractivity contribution in [3.05, 3.63) is 90.9 Å². The Morgan fingerprint density at radius 3 is 2.38 bits per heavy atom. The third kappa shape index (κ3) is 4.11. The van der Waals surface area contributed by atoms with Gasteiger partial charge in [-0.3, -0.25) is 25.3 Å². The van der Waals surface area contributed by atoms with Crippen LogP contribution in [0.5, 0.6) is 0 Å². The van der Waals surface area contributed by atoms with Crippen LogP contribution in [0.15, 0.2) is 60.1 Å². The van der Waals surface area contributed by atoms with Crippen molar-refractivity contribution >= 4 is 34.4 Å². The van der Waals surface area contributed by atoms with Gasteiger partial charge in [-0.25, -0.2) is 4.98 Å². The fourth-order valence-corrected chi connectivity index (χ4v) is 3.81. The predicted octanol–water partition coefficient (Wildman–Crippen LogP) is 5.08. The maximum atomic E-state index is 11.1. The second-order valence-corrected chi connectivity index (χ2v) is 7.38. The van der Waals surface area contributed by atoms with Gasteiger partial charge in [0.15, 0.2) is 0 Å². The summed E-state index contributed by atoms with van der Waals surface area (Å²) < 4.78 is 0. The molecule has 156 valence electrons. The molecule has 11 heteroatoms. The zero-order valence-corrected chi connectivity index (χ0v) is 16.9. The highest BCUT2D eigenvalue weighted by Crippen LogP contribution is 2.31. The van der Waals surface area contributed by atoms with Gasteiger partial charge in [0.25, 0.3) is 11.4 Å². The summed E-state index contributed by atoms with van der Waals surface area (Å²) in [5.41, 5.74) is 2.88. The number of aromatic nitrogens is 3.